The molecule has 0 unspecified atom stereocenters. The van der Waals surface area contributed by atoms with Gasteiger partial charge in [-0.1, -0.05) is 46.6 Å². The van der Waals surface area contributed by atoms with Crippen LogP contribution in [-0.4, -0.2) is 13.7 Å². The van der Waals surface area contributed by atoms with E-state index in [4.69, 9.17) is 4.74 Å². The Labute approximate surface area is 84.2 Å². The number of rotatable bonds is 6. The van der Waals surface area contributed by atoms with Crippen LogP contribution in [0, 0.1) is 5.41 Å². The Hall–Kier alpha value is -0.300. The molecule has 0 heterocycles. The highest BCUT2D eigenvalue weighted by molar-refractivity contribution is 4.90. The van der Waals surface area contributed by atoms with Crippen molar-refractivity contribution in [3.63, 3.8) is 0 Å². The molecule has 0 radical (unpaired) electrons. The van der Waals surface area contributed by atoms with E-state index in [2.05, 4.69) is 20.4 Å². The van der Waals surface area contributed by atoms with Crippen LogP contribution in [0.3, 0.4) is 0 Å². The third-order valence-electron chi connectivity index (χ3n) is 2.07. The van der Waals surface area contributed by atoms with Crippen LogP contribution in [0.4, 0.5) is 0 Å². The molecule has 0 amide bonds. The van der Waals surface area contributed by atoms with Crippen LogP contribution in [0.15, 0.2) is 12.7 Å². The Morgan fingerprint density at radius 1 is 1.38 bits per heavy atom. The summed E-state index contributed by atoms with van der Waals surface area (Å²) in [7, 11) is 1.74. The molecule has 0 bridgehead atoms. The van der Waals surface area contributed by atoms with E-state index in [0.717, 1.165) is 6.61 Å². The molecule has 0 fully saturated rings. The predicted octanol–water partition coefficient (Wildman–Crippen LogP) is 4.04. The normalized spacial score (nSPS) is 13.9. The van der Waals surface area contributed by atoms with Crippen LogP contribution in [0.5, 0.6) is 0 Å². The van der Waals surface area contributed by atoms with Crippen molar-refractivity contribution in [1.82, 2.24) is 0 Å². The maximum absolute atomic E-state index is 5.12. The molecule has 0 aromatic carbocycles. The molecule has 1 heteroatoms. The van der Waals surface area contributed by atoms with Gasteiger partial charge in [0.25, 0.3) is 0 Å². The summed E-state index contributed by atoms with van der Waals surface area (Å²) in [5, 5.41) is 0. The fourth-order valence-corrected chi connectivity index (χ4v) is 1.14. The van der Waals surface area contributed by atoms with E-state index in [1.807, 2.05) is 19.9 Å². The molecule has 0 aromatic heterocycles. The first kappa shape index (κ1) is 15.2. The molecule has 0 aliphatic rings. The van der Waals surface area contributed by atoms with Gasteiger partial charge in [-0.05, 0) is 6.42 Å². The van der Waals surface area contributed by atoms with Gasteiger partial charge in [0.15, 0.2) is 0 Å². The average Bonchev–Trinajstić information content (AvgIpc) is 2.18. The molecule has 80 valence electrons. The lowest BCUT2D eigenvalue weighted by Crippen LogP contribution is -2.19. The summed E-state index contributed by atoms with van der Waals surface area (Å²) >= 11 is 0. The van der Waals surface area contributed by atoms with E-state index in [9.17, 15) is 0 Å². The lowest BCUT2D eigenvalue weighted by molar-refractivity contribution is 0.115. The summed E-state index contributed by atoms with van der Waals surface area (Å²) in [5.41, 5.74) is 0.185. The molecule has 0 spiro atoms. The van der Waals surface area contributed by atoms with Crippen LogP contribution >= 0.6 is 0 Å². The molecule has 0 saturated heterocycles. The van der Waals surface area contributed by atoms with Crippen LogP contribution in [0.1, 0.15) is 47.0 Å². The van der Waals surface area contributed by atoms with Crippen LogP contribution in [0.2, 0.25) is 0 Å². The lowest BCUT2D eigenvalue weighted by atomic mass is 9.86. The first-order valence-electron chi connectivity index (χ1n) is 5.31. The van der Waals surface area contributed by atoms with Crippen molar-refractivity contribution in [3.8, 4) is 0 Å². The van der Waals surface area contributed by atoms with Crippen molar-refractivity contribution in [2.24, 2.45) is 5.41 Å². The second-order valence-corrected chi connectivity index (χ2v) is 3.39. The van der Waals surface area contributed by atoms with Gasteiger partial charge in [0.05, 0.1) is 6.61 Å². The highest BCUT2D eigenvalue weighted by Gasteiger charge is 2.18. The number of ether oxygens (including phenoxy) is 1. The molecule has 13 heavy (non-hydrogen) atoms. The van der Waals surface area contributed by atoms with Crippen molar-refractivity contribution in [1.29, 1.82) is 0 Å². The fraction of sp³-hybridized carbons (Fsp3) is 0.833. The standard InChI is InChI=1S/C10H20O.C2H6/c1-5-7-8-10(3,6-2)9-11-4;1-2/h6H,2,5,7-9H2,1,3-4H3;1-2H3/t10-;/m1./s1. The zero-order valence-corrected chi connectivity index (χ0v) is 10.0. The second kappa shape index (κ2) is 9.79. The van der Waals surface area contributed by atoms with Crippen molar-refractivity contribution in [2.75, 3.05) is 13.7 Å². The number of unbranched alkanes of at least 4 members (excludes halogenated alkanes) is 1. The number of methoxy groups -OCH3 is 1. The minimum atomic E-state index is 0.185. The van der Waals surface area contributed by atoms with Gasteiger partial charge in [-0.2, -0.15) is 0 Å². The van der Waals surface area contributed by atoms with E-state index >= 15 is 0 Å². The summed E-state index contributed by atoms with van der Waals surface area (Å²) in [4.78, 5) is 0. The quantitative estimate of drug-likeness (QED) is 0.569. The van der Waals surface area contributed by atoms with E-state index < -0.39 is 0 Å². The minimum Gasteiger partial charge on any atom is -0.384 e. The smallest absolute Gasteiger partial charge is 0.0550 e. The van der Waals surface area contributed by atoms with Gasteiger partial charge in [0.2, 0.25) is 0 Å². The molecule has 1 atom stereocenters. The zero-order chi connectivity index (χ0) is 10.7. The average molecular weight is 186 g/mol. The van der Waals surface area contributed by atoms with Gasteiger partial charge < -0.3 is 4.74 Å². The van der Waals surface area contributed by atoms with Crippen molar-refractivity contribution < 1.29 is 4.74 Å². The monoisotopic (exact) mass is 186 g/mol. The summed E-state index contributed by atoms with van der Waals surface area (Å²) < 4.78 is 5.12. The first-order chi connectivity index (χ1) is 6.18. The fourth-order valence-electron chi connectivity index (χ4n) is 1.14. The Bertz CT molecular complexity index is 110. The van der Waals surface area contributed by atoms with Crippen molar-refractivity contribution in [3.05, 3.63) is 12.7 Å². The minimum absolute atomic E-state index is 0.185. The van der Waals surface area contributed by atoms with Crippen molar-refractivity contribution in [2.45, 2.75) is 47.0 Å². The maximum Gasteiger partial charge on any atom is 0.0550 e. The molecular weight excluding hydrogens is 160 g/mol. The summed E-state index contributed by atoms with van der Waals surface area (Å²) in [5.74, 6) is 0. The molecule has 0 rings (SSSR count). The largest absolute Gasteiger partial charge is 0.384 e. The highest BCUT2D eigenvalue weighted by atomic mass is 16.5. The van der Waals surface area contributed by atoms with Gasteiger partial charge in [-0.3, -0.25) is 0 Å². The third kappa shape index (κ3) is 8.04. The Balaban J connectivity index is 0. The Kier molecular flexibility index (Phi) is 11.4. The van der Waals surface area contributed by atoms with Crippen LogP contribution in [0.25, 0.3) is 0 Å². The SMILES string of the molecule is C=C[C@](C)(CCCC)COC.CC. The third-order valence-corrected chi connectivity index (χ3v) is 2.07. The predicted molar refractivity (Wildman–Crippen MR) is 61.1 cm³/mol. The van der Waals surface area contributed by atoms with E-state index in [-0.39, 0.29) is 5.41 Å². The molecule has 0 aromatic rings. The van der Waals surface area contributed by atoms with Crippen molar-refractivity contribution >= 4 is 0 Å². The number of hydrogen-bond acceptors (Lipinski definition) is 1. The second-order valence-electron chi connectivity index (χ2n) is 3.39. The number of hydrogen-bond donors (Lipinski definition) is 0. The van der Waals surface area contributed by atoms with E-state index in [0.29, 0.717) is 0 Å². The van der Waals surface area contributed by atoms with Gasteiger partial charge >= 0.3 is 0 Å². The molecular formula is C12H26O. The zero-order valence-electron chi connectivity index (χ0n) is 10.0. The topological polar surface area (TPSA) is 9.23 Å². The first-order valence-corrected chi connectivity index (χ1v) is 5.31. The Morgan fingerprint density at radius 3 is 2.23 bits per heavy atom. The highest BCUT2D eigenvalue weighted by Crippen LogP contribution is 2.25. The molecule has 0 aliphatic heterocycles. The van der Waals surface area contributed by atoms with Gasteiger partial charge in [-0.15, -0.1) is 6.58 Å². The summed E-state index contributed by atoms with van der Waals surface area (Å²) in [6.07, 6.45) is 5.69. The molecule has 0 N–H and O–H groups in total. The van der Waals surface area contributed by atoms with Crippen LogP contribution < -0.4 is 0 Å². The lowest BCUT2D eigenvalue weighted by Gasteiger charge is -2.24. The van der Waals surface area contributed by atoms with Gasteiger partial charge in [0.1, 0.15) is 0 Å². The summed E-state index contributed by atoms with van der Waals surface area (Å²) in [6.45, 7) is 13.0. The van der Waals surface area contributed by atoms with Gasteiger partial charge in [-0.25, -0.2) is 0 Å². The van der Waals surface area contributed by atoms with E-state index in [1.165, 1.54) is 19.3 Å². The summed E-state index contributed by atoms with van der Waals surface area (Å²) in [6, 6.07) is 0. The van der Waals surface area contributed by atoms with Crippen LogP contribution in [-0.2, 0) is 4.74 Å². The maximum atomic E-state index is 5.12. The molecule has 0 saturated carbocycles. The van der Waals surface area contributed by atoms with Gasteiger partial charge in [0, 0.05) is 12.5 Å². The van der Waals surface area contributed by atoms with E-state index in [1.54, 1.807) is 7.11 Å². The molecule has 1 nitrogen and oxygen atoms in total. The molecule has 0 aliphatic carbocycles. The Morgan fingerprint density at radius 2 is 1.92 bits per heavy atom.